The molecule has 0 spiro atoms. The largest absolute Gasteiger partial charge is 0.384 e. The fraction of sp³-hybridized carbons (Fsp3) is 0.440. The highest BCUT2D eigenvalue weighted by molar-refractivity contribution is 8.00. The van der Waals surface area contributed by atoms with Crippen molar-refractivity contribution in [1.82, 2.24) is 5.32 Å². The van der Waals surface area contributed by atoms with Crippen LogP contribution in [0.25, 0.3) is 12.2 Å². The van der Waals surface area contributed by atoms with E-state index in [-0.39, 0.29) is 4.75 Å². The van der Waals surface area contributed by atoms with E-state index in [1.807, 2.05) is 23.5 Å². The third-order valence-electron chi connectivity index (χ3n) is 5.05. The molecule has 0 aliphatic rings. The summed E-state index contributed by atoms with van der Waals surface area (Å²) in [4.78, 5) is 2.12. The maximum Gasteiger partial charge on any atom is 0.0386 e. The lowest BCUT2D eigenvalue weighted by molar-refractivity contribution is 0.591. The Morgan fingerprint density at radius 1 is 0.967 bits per heavy atom. The van der Waals surface area contributed by atoms with Gasteiger partial charge in [-0.2, -0.15) is 23.5 Å². The van der Waals surface area contributed by atoms with Crippen LogP contribution in [-0.2, 0) is 6.54 Å². The van der Waals surface area contributed by atoms with Crippen LogP contribution in [0.3, 0.4) is 0 Å². The normalized spacial score (nSPS) is 11.8. The Morgan fingerprint density at radius 2 is 1.63 bits per heavy atom. The summed E-state index contributed by atoms with van der Waals surface area (Å²) in [6.07, 6.45) is 8.70. The number of hydrogen-bond donors (Lipinski definition) is 2. The first-order chi connectivity index (χ1) is 14.3. The summed E-state index contributed by atoms with van der Waals surface area (Å²) >= 11 is 3.77. The number of nitrogens with one attached hydrogen (secondary N) is 2. The van der Waals surface area contributed by atoms with Gasteiger partial charge in [0.2, 0.25) is 0 Å². The summed E-state index contributed by atoms with van der Waals surface area (Å²) in [6.45, 7) is 7.39. The van der Waals surface area contributed by atoms with Crippen molar-refractivity contribution in [2.24, 2.45) is 0 Å². The van der Waals surface area contributed by atoms with Crippen molar-refractivity contribution in [3.8, 4) is 0 Å². The number of nitrogens with zero attached hydrogens (tertiary/aromatic N) is 1. The monoisotopic (exact) mass is 443 g/mol. The van der Waals surface area contributed by atoms with E-state index in [1.54, 1.807) is 0 Å². The molecule has 0 aromatic heterocycles. The van der Waals surface area contributed by atoms with Crippen molar-refractivity contribution < 1.29 is 0 Å². The van der Waals surface area contributed by atoms with E-state index in [4.69, 9.17) is 0 Å². The molecule has 5 heteroatoms. The van der Waals surface area contributed by atoms with Crippen LogP contribution >= 0.6 is 23.5 Å². The van der Waals surface area contributed by atoms with Crippen LogP contribution < -0.4 is 15.5 Å². The van der Waals surface area contributed by atoms with E-state index < -0.39 is 0 Å². The third-order valence-corrected chi connectivity index (χ3v) is 6.91. The minimum absolute atomic E-state index is 0.239. The number of hydrogen-bond acceptors (Lipinski definition) is 5. The van der Waals surface area contributed by atoms with Crippen LogP contribution in [0, 0.1) is 0 Å². The first kappa shape index (κ1) is 24.7. The van der Waals surface area contributed by atoms with Crippen molar-refractivity contribution in [2.45, 2.75) is 25.1 Å². The first-order valence-corrected chi connectivity index (χ1v) is 13.0. The van der Waals surface area contributed by atoms with Crippen LogP contribution in [0.2, 0.25) is 0 Å². The Kier molecular flexibility index (Phi) is 10.2. The minimum Gasteiger partial charge on any atom is -0.384 e. The second kappa shape index (κ2) is 12.3. The lowest BCUT2D eigenvalue weighted by atomic mass is 10.1. The topological polar surface area (TPSA) is 27.3 Å². The van der Waals surface area contributed by atoms with Crippen LogP contribution in [-0.4, -0.2) is 50.2 Å². The molecule has 2 aromatic carbocycles. The summed E-state index contributed by atoms with van der Waals surface area (Å²) in [5.74, 6) is 1.11. The fourth-order valence-electron chi connectivity index (χ4n) is 2.97. The lowest BCUT2D eigenvalue weighted by Crippen LogP contribution is -2.31. The highest BCUT2D eigenvalue weighted by Crippen LogP contribution is 2.22. The van der Waals surface area contributed by atoms with Gasteiger partial charge in [0.15, 0.2) is 0 Å². The van der Waals surface area contributed by atoms with E-state index in [0.717, 1.165) is 25.4 Å². The summed E-state index contributed by atoms with van der Waals surface area (Å²) in [5, 5.41) is 7.25. The second-order valence-electron chi connectivity index (χ2n) is 8.22. The maximum absolute atomic E-state index is 3.65. The van der Waals surface area contributed by atoms with Gasteiger partial charge in [0.05, 0.1) is 0 Å². The molecular formula is C25H37N3S2. The molecule has 2 aromatic rings. The van der Waals surface area contributed by atoms with E-state index >= 15 is 0 Å². The van der Waals surface area contributed by atoms with E-state index in [9.17, 15) is 0 Å². The average molecular weight is 444 g/mol. The van der Waals surface area contributed by atoms with Gasteiger partial charge >= 0.3 is 0 Å². The van der Waals surface area contributed by atoms with Crippen molar-refractivity contribution in [3.05, 3.63) is 59.2 Å². The zero-order chi connectivity index (χ0) is 22.0. The Labute approximate surface area is 192 Å². The zero-order valence-corrected chi connectivity index (χ0v) is 20.9. The van der Waals surface area contributed by atoms with Crippen LogP contribution in [0.1, 0.15) is 30.5 Å². The van der Waals surface area contributed by atoms with Crippen LogP contribution in [0.15, 0.2) is 42.5 Å². The summed E-state index contributed by atoms with van der Waals surface area (Å²) < 4.78 is 0.239. The Balaban J connectivity index is 2.12. The van der Waals surface area contributed by atoms with E-state index in [1.165, 1.54) is 28.1 Å². The lowest BCUT2D eigenvalue weighted by Gasteiger charge is -2.23. The predicted octanol–water partition coefficient (Wildman–Crippen LogP) is 5.93. The van der Waals surface area contributed by atoms with Crippen LogP contribution in [0.5, 0.6) is 0 Å². The van der Waals surface area contributed by atoms with E-state index in [2.05, 4.69) is 111 Å². The maximum atomic E-state index is 3.65. The van der Waals surface area contributed by atoms with Crippen LogP contribution in [0.4, 0.5) is 11.4 Å². The van der Waals surface area contributed by atoms with Gasteiger partial charge in [-0.3, -0.25) is 0 Å². The molecule has 0 aliphatic carbocycles. The van der Waals surface area contributed by atoms with Crippen molar-refractivity contribution in [3.63, 3.8) is 0 Å². The molecule has 0 amide bonds. The molecule has 0 saturated carbocycles. The van der Waals surface area contributed by atoms with Gasteiger partial charge in [-0.05, 0) is 67.3 Å². The minimum atomic E-state index is 0.239. The van der Waals surface area contributed by atoms with Crippen molar-refractivity contribution in [2.75, 3.05) is 55.7 Å². The van der Waals surface area contributed by atoms with Gasteiger partial charge in [-0.1, -0.05) is 30.4 Å². The van der Waals surface area contributed by atoms with E-state index in [0.29, 0.717) is 0 Å². The Morgan fingerprint density at radius 3 is 2.27 bits per heavy atom. The van der Waals surface area contributed by atoms with Crippen molar-refractivity contribution in [1.29, 1.82) is 0 Å². The molecule has 0 heterocycles. The molecule has 0 aliphatic heterocycles. The average Bonchev–Trinajstić information content (AvgIpc) is 2.73. The molecule has 0 fully saturated rings. The van der Waals surface area contributed by atoms with Gasteiger partial charge in [0.25, 0.3) is 0 Å². The molecule has 0 bridgehead atoms. The molecule has 30 heavy (non-hydrogen) atoms. The van der Waals surface area contributed by atoms with Crippen molar-refractivity contribution >= 4 is 47.1 Å². The zero-order valence-electron chi connectivity index (χ0n) is 19.3. The van der Waals surface area contributed by atoms with Gasteiger partial charge in [0, 0.05) is 55.6 Å². The van der Waals surface area contributed by atoms with Gasteiger partial charge in [0.1, 0.15) is 0 Å². The smallest absolute Gasteiger partial charge is 0.0386 e. The number of anilines is 2. The quantitative estimate of drug-likeness (QED) is 0.313. The first-order valence-electron chi connectivity index (χ1n) is 10.4. The molecule has 164 valence electrons. The summed E-state index contributed by atoms with van der Waals surface area (Å²) in [7, 11) is 4.13. The molecule has 0 atom stereocenters. The molecule has 0 radical (unpaired) electrons. The third kappa shape index (κ3) is 8.29. The SMILES string of the molecule is CSCCNc1ccc(/C=C/c2ccc(N(C)C)cc2)cc1CNCC(C)(C)SC. The molecular weight excluding hydrogens is 406 g/mol. The van der Waals surface area contributed by atoms with Gasteiger partial charge in [-0.15, -0.1) is 0 Å². The second-order valence-corrected chi connectivity index (χ2v) is 10.7. The molecule has 2 N–H and O–H groups in total. The fourth-order valence-corrected chi connectivity index (χ4v) is 3.52. The van der Waals surface area contributed by atoms with Gasteiger partial charge < -0.3 is 15.5 Å². The summed E-state index contributed by atoms with van der Waals surface area (Å²) in [5.41, 5.74) is 6.20. The number of benzene rings is 2. The number of rotatable bonds is 12. The molecule has 0 unspecified atom stereocenters. The van der Waals surface area contributed by atoms with Gasteiger partial charge in [-0.25, -0.2) is 0 Å². The standard InChI is InChI=1S/C25H37N3S2/c1-25(2,30-6)19-26-18-22-17-21(11-14-24(22)27-15-16-29-5)8-7-20-9-12-23(13-10-20)28(3)4/h7-14,17,26-27H,15-16,18-19H2,1-6H3/b8-7+. The molecule has 2 rings (SSSR count). The predicted molar refractivity (Wildman–Crippen MR) is 142 cm³/mol. The number of thioether (sulfide) groups is 2. The Bertz CT molecular complexity index is 799. The highest BCUT2D eigenvalue weighted by atomic mass is 32.2. The Hall–Kier alpha value is -1.56. The molecule has 3 nitrogen and oxygen atoms in total. The highest BCUT2D eigenvalue weighted by Gasteiger charge is 2.15. The summed E-state index contributed by atoms with van der Waals surface area (Å²) in [6, 6.07) is 15.3. The molecule has 0 saturated heterocycles.